The monoisotopic (exact) mass is 313 g/mol. The zero-order chi connectivity index (χ0) is 10.7. The first-order valence-corrected chi connectivity index (χ1v) is 4.69. The highest BCUT2D eigenvalue weighted by Crippen LogP contribution is 2.18. The number of benzene rings is 1. The van der Waals surface area contributed by atoms with Crippen LogP contribution in [0.15, 0.2) is 12.1 Å². The molecular weight excluding hydrogens is 307 g/mol. The van der Waals surface area contributed by atoms with Crippen LogP contribution in [0, 0.1) is 15.2 Å². The van der Waals surface area contributed by atoms with E-state index in [1.54, 1.807) is 0 Å². The molecule has 1 amide bonds. The molecular formula is C8H6F2INO2. The van der Waals surface area contributed by atoms with Gasteiger partial charge in [0, 0.05) is 12.1 Å². The van der Waals surface area contributed by atoms with E-state index >= 15 is 0 Å². The van der Waals surface area contributed by atoms with Crippen molar-refractivity contribution in [3.8, 4) is 0 Å². The van der Waals surface area contributed by atoms with Crippen LogP contribution in [0.4, 0.5) is 13.6 Å². The molecule has 0 aromatic heterocycles. The summed E-state index contributed by atoms with van der Waals surface area (Å²) in [4.78, 5) is 10.1. The number of amides is 1. The number of carbonyl (C=O) groups is 1. The Morgan fingerprint density at radius 3 is 2.71 bits per heavy atom. The maximum Gasteiger partial charge on any atom is 0.404 e. The number of hydrogen-bond donors (Lipinski definition) is 2. The molecule has 0 aliphatic rings. The van der Waals surface area contributed by atoms with Crippen molar-refractivity contribution in [2.45, 2.75) is 6.54 Å². The van der Waals surface area contributed by atoms with Crippen molar-refractivity contribution < 1.29 is 18.7 Å². The first kappa shape index (κ1) is 11.2. The molecule has 0 aliphatic heterocycles. The van der Waals surface area contributed by atoms with Gasteiger partial charge >= 0.3 is 6.09 Å². The maximum atomic E-state index is 13.2. The third kappa shape index (κ3) is 2.53. The van der Waals surface area contributed by atoms with Crippen LogP contribution in [0.25, 0.3) is 0 Å². The third-order valence-corrected chi connectivity index (χ3v) is 2.53. The molecule has 1 aromatic rings. The van der Waals surface area contributed by atoms with Crippen LogP contribution < -0.4 is 5.32 Å². The predicted molar refractivity (Wildman–Crippen MR) is 53.9 cm³/mol. The number of rotatable bonds is 2. The zero-order valence-electron chi connectivity index (χ0n) is 6.85. The van der Waals surface area contributed by atoms with E-state index in [2.05, 4.69) is 0 Å². The van der Waals surface area contributed by atoms with Gasteiger partial charge in [0.2, 0.25) is 0 Å². The van der Waals surface area contributed by atoms with Crippen molar-refractivity contribution in [3.63, 3.8) is 0 Å². The van der Waals surface area contributed by atoms with Crippen LogP contribution in [0.2, 0.25) is 0 Å². The van der Waals surface area contributed by atoms with E-state index in [-0.39, 0.29) is 15.7 Å². The first-order valence-electron chi connectivity index (χ1n) is 3.61. The molecule has 0 unspecified atom stereocenters. The van der Waals surface area contributed by atoms with E-state index in [0.717, 1.165) is 6.07 Å². The summed E-state index contributed by atoms with van der Waals surface area (Å²) in [5.41, 5.74) is 0.123. The summed E-state index contributed by atoms with van der Waals surface area (Å²) in [6.07, 6.45) is -1.25. The minimum Gasteiger partial charge on any atom is -0.465 e. The van der Waals surface area contributed by atoms with E-state index in [9.17, 15) is 13.6 Å². The zero-order valence-corrected chi connectivity index (χ0v) is 9.01. The van der Waals surface area contributed by atoms with Crippen molar-refractivity contribution in [1.29, 1.82) is 0 Å². The number of carboxylic acid groups (broad SMARTS) is 1. The number of halogens is 3. The maximum absolute atomic E-state index is 13.2. The molecule has 0 heterocycles. The van der Waals surface area contributed by atoms with Crippen molar-refractivity contribution in [2.75, 3.05) is 0 Å². The van der Waals surface area contributed by atoms with Gasteiger partial charge in [-0.3, -0.25) is 0 Å². The van der Waals surface area contributed by atoms with Gasteiger partial charge in [-0.2, -0.15) is 0 Å². The fourth-order valence-electron chi connectivity index (χ4n) is 0.873. The SMILES string of the molecule is O=C(O)NCc1ccc(F)c(I)c1F. The molecule has 0 fully saturated rings. The number of nitrogens with one attached hydrogen (secondary N) is 1. The van der Waals surface area contributed by atoms with Gasteiger partial charge in [-0.05, 0) is 28.7 Å². The molecule has 1 aromatic carbocycles. The summed E-state index contributed by atoms with van der Waals surface area (Å²) in [7, 11) is 0. The third-order valence-electron chi connectivity index (χ3n) is 1.55. The van der Waals surface area contributed by atoms with Crippen molar-refractivity contribution >= 4 is 28.7 Å². The van der Waals surface area contributed by atoms with Gasteiger partial charge in [0.25, 0.3) is 0 Å². The molecule has 76 valence electrons. The Hall–Kier alpha value is -0.920. The summed E-state index contributed by atoms with van der Waals surface area (Å²) in [6, 6.07) is 2.31. The largest absolute Gasteiger partial charge is 0.465 e. The van der Waals surface area contributed by atoms with Gasteiger partial charge in [0.05, 0.1) is 3.57 Å². The van der Waals surface area contributed by atoms with Gasteiger partial charge in [-0.15, -0.1) is 0 Å². The van der Waals surface area contributed by atoms with Gasteiger partial charge in [0.1, 0.15) is 11.6 Å². The van der Waals surface area contributed by atoms with Crippen molar-refractivity contribution in [1.82, 2.24) is 5.32 Å². The van der Waals surface area contributed by atoms with E-state index in [1.165, 1.54) is 28.7 Å². The molecule has 1 rings (SSSR count). The summed E-state index contributed by atoms with van der Waals surface area (Å²) in [5.74, 6) is -1.37. The Kier molecular flexibility index (Phi) is 3.62. The Labute approximate surface area is 92.3 Å². The highest BCUT2D eigenvalue weighted by Gasteiger charge is 2.11. The Balaban J connectivity index is 2.88. The molecule has 14 heavy (non-hydrogen) atoms. The molecule has 0 saturated carbocycles. The lowest BCUT2D eigenvalue weighted by molar-refractivity contribution is 0.194. The van der Waals surface area contributed by atoms with Gasteiger partial charge in [0.15, 0.2) is 0 Å². The smallest absolute Gasteiger partial charge is 0.404 e. The minimum absolute atomic E-state index is 0.123. The van der Waals surface area contributed by atoms with E-state index in [4.69, 9.17) is 5.11 Å². The van der Waals surface area contributed by atoms with E-state index < -0.39 is 17.7 Å². The molecule has 6 heteroatoms. The molecule has 3 nitrogen and oxygen atoms in total. The highest BCUT2D eigenvalue weighted by atomic mass is 127. The average molecular weight is 313 g/mol. The van der Waals surface area contributed by atoms with Gasteiger partial charge < -0.3 is 10.4 Å². The summed E-state index contributed by atoms with van der Waals surface area (Å²) in [6.45, 7) is -0.169. The molecule has 0 atom stereocenters. The van der Waals surface area contributed by atoms with Gasteiger partial charge in [-0.1, -0.05) is 6.07 Å². The molecule has 2 N–H and O–H groups in total. The van der Waals surface area contributed by atoms with E-state index in [1.807, 2.05) is 5.32 Å². The minimum atomic E-state index is -1.25. The van der Waals surface area contributed by atoms with Crippen LogP contribution in [0.5, 0.6) is 0 Å². The normalized spacial score (nSPS) is 9.93. The fourth-order valence-corrected chi connectivity index (χ4v) is 1.40. The summed E-state index contributed by atoms with van der Waals surface area (Å²) in [5, 5.41) is 10.3. The van der Waals surface area contributed by atoms with Crippen LogP contribution in [0.1, 0.15) is 5.56 Å². The second kappa shape index (κ2) is 4.54. The van der Waals surface area contributed by atoms with Crippen LogP contribution >= 0.6 is 22.6 Å². The van der Waals surface area contributed by atoms with Crippen LogP contribution in [0.3, 0.4) is 0 Å². The van der Waals surface area contributed by atoms with E-state index in [0.29, 0.717) is 0 Å². The van der Waals surface area contributed by atoms with Crippen molar-refractivity contribution in [2.24, 2.45) is 0 Å². The lowest BCUT2D eigenvalue weighted by Gasteiger charge is -2.05. The molecule has 0 spiro atoms. The number of hydrogen-bond acceptors (Lipinski definition) is 1. The Bertz CT molecular complexity index is 371. The highest BCUT2D eigenvalue weighted by molar-refractivity contribution is 14.1. The average Bonchev–Trinajstić information content (AvgIpc) is 2.13. The van der Waals surface area contributed by atoms with Gasteiger partial charge in [-0.25, -0.2) is 13.6 Å². The fraction of sp³-hybridized carbons (Fsp3) is 0.125. The van der Waals surface area contributed by atoms with Crippen LogP contribution in [-0.4, -0.2) is 11.2 Å². The molecule has 0 radical (unpaired) electrons. The second-order valence-corrected chi connectivity index (χ2v) is 3.57. The molecule has 0 aliphatic carbocycles. The first-order chi connectivity index (χ1) is 6.52. The van der Waals surface area contributed by atoms with Crippen LogP contribution in [-0.2, 0) is 6.54 Å². The quantitative estimate of drug-likeness (QED) is 0.650. The second-order valence-electron chi connectivity index (χ2n) is 2.49. The lowest BCUT2D eigenvalue weighted by atomic mass is 10.2. The topological polar surface area (TPSA) is 49.3 Å². The lowest BCUT2D eigenvalue weighted by Crippen LogP contribution is -2.20. The summed E-state index contributed by atoms with van der Waals surface area (Å²) >= 11 is 1.53. The Morgan fingerprint density at radius 1 is 1.50 bits per heavy atom. The predicted octanol–water partition coefficient (Wildman–Crippen LogP) is 2.34. The molecule has 0 bridgehead atoms. The Morgan fingerprint density at radius 2 is 2.14 bits per heavy atom. The summed E-state index contributed by atoms with van der Waals surface area (Å²) < 4.78 is 25.9. The van der Waals surface area contributed by atoms with Crippen molar-refractivity contribution in [3.05, 3.63) is 32.9 Å². The molecule has 0 saturated heterocycles. The standard InChI is InChI=1S/C8H6F2INO2/c9-5-2-1-4(3-12-8(13)14)6(10)7(5)11/h1-2,12H,3H2,(H,13,14).